The minimum Gasteiger partial charge on any atom is -0.300 e. The summed E-state index contributed by atoms with van der Waals surface area (Å²) in [5.41, 5.74) is 3.89. The molecule has 0 spiro atoms. The number of amides is 3. The van der Waals surface area contributed by atoms with Gasteiger partial charge in [-0.15, -0.1) is 0 Å². The van der Waals surface area contributed by atoms with Gasteiger partial charge in [-0.05, 0) is 0 Å². The van der Waals surface area contributed by atoms with Gasteiger partial charge in [0.15, 0.2) is 17.7 Å². The standard InChI is InChI=1S/C13H13N5O2/c1-17-11-9(12(19)18(2)13(17)20)14-10(15-16-11)8-6-4-3-5-7-8/h3-7,11,16H,1-2H3. The number of imide groups is 1. The van der Waals surface area contributed by atoms with Gasteiger partial charge < -0.3 is 0 Å². The Bertz CT molecular complexity index is 637. The molecular weight excluding hydrogens is 258 g/mol. The molecule has 1 saturated heterocycles. The summed E-state index contributed by atoms with van der Waals surface area (Å²) in [7, 11) is 3.04. The van der Waals surface area contributed by atoms with E-state index in [-0.39, 0.29) is 11.7 Å². The lowest BCUT2D eigenvalue weighted by Gasteiger charge is -2.37. The van der Waals surface area contributed by atoms with Crippen LogP contribution in [0.25, 0.3) is 0 Å². The van der Waals surface area contributed by atoms with E-state index < -0.39 is 12.1 Å². The van der Waals surface area contributed by atoms with Gasteiger partial charge in [0, 0.05) is 19.7 Å². The van der Waals surface area contributed by atoms with Gasteiger partial charge in [-0.2, -0.15) is 5.10 Å². The Labute approximate surface area is 115 Å². The fourth-order valence-electron chi connectivity index (χ4n) is 2.14. The van der Waals surface area contributed by atoms with Crippen LogP contribution in [-0.2, 0) is 4.79 Å². The van der Waals surface area contributed by atoms with E-state index in [9.17, 15) is 9.59 Å². The highest BCUT2D eigenvalue weighted by molar-refractivity contribution is 6.46. The van der Waals surface area contributed by atoms with Gasteiger partial charge in [0.25, 0.3) is 5.91 Å². The van der Waals surface area contributed by atoms with Crippen molar-refractivity contribution in [3.05, 3.63) is 35.9 Å². The Hall–Kier alpha value is -2.70. The molecule has 2 heterocycles. The van der Waals surface area contributed by atoms with Crippen molar-refractivity contribution >= 4 is 23.5 Å². The summed E-state index contributed by atoms with van der Waals surface area (Å²) < 4.78 is 0. The van der Waals surface area contributed by atoms with E-state index >= 15 is 0 Å². The zero-order valence-electron chi connectivity index (χ0n) is 11.1. The van der Waals surface area contributed by atoms with Crippen molar-refractivity contribution in [3.8, 4) is 0 Å². The molecule has 1 aromatic rings. The molecule has 2 aliphatic rings. The summed E-state index contributed by atoms with van der Waals surface area (Å²) in [4.78, 5) is 30.7. The molecule has 0 aromatic heterocycles. The molecule has 0 aliphatic carbocycles. The number of carbonyl (C=O) groups excluding carboxylic acids is 2. The third kappa shape index (κ3) is 1.75. The Morgan fingerprint density at radius 2 is 1.85 bits per heavy atom. The van der Waals surface area contributed by atoms with Crippen molar-refractivity contribution < 1.29 is 9.59 Å². The second-order valence-electron chi connectivity index (χ2n) is 4.59. The number of benzene rings is 1. The Morgan fingerprint density at radius 1 is 1.15 bits per heavy atom. The zero-order chi connectivity index (χ0) is 14.3. The number of urea groups is 1. The molecule has 0 bridgehead atoms. The Balaban J connectivity index is 2.00. The van der Waals surface area contributed by atoms with Gasteiger partial charge in [0.1, 0.15) is 0 Å². The molecule has 102 valence electrons. The lowest BCUT2D eigenvalue weighted by molar-refractivity contribution is -0.122. The number of carbonyl (C=O) groups is 2. The first kappa shape index (κ1) is 12.3. The maximum atomic E-state index is 12.1. The van der Waals surface area contributed by atoms with Crippen LogP contribution >= 0.6 is 0 Å². The highest BCUT2D eigenvalue weighted by Gasteiger charge is 2.42. The number of hydrogen-bond acceptors (Lipinski definition) is 5. The zero-order valence-corrected chi connectivity index (χ0v) is 11.1. The molecular formula is C13H13N5O2. The molecule has 1 aromatic carbocycles. The summed E-state index contributed by atoms with van der Waals surface area (Å²) in [6.45, 7) is 0. The van der Waals surface area contributed by atoms with Crippen molar-refractivity contribution in [2.45, 2.75) is 6.17 Å². The number of fused-ring (bicyclic) bond motifs is 1. The first-order chi connectivity index (χ1) is 9.59. The molecule has 3 amide bonds. The number of nitrogens with zero attached hydrogens (tertiary/aromatic N) is 4. The van der Waals surface area contributed by atoms with E-state index in [4.69, 9.17) is 0 Å². The van der Waals surface area contributed by atoms with Crippen molar-refractivity contribution in [3.63, 3.8) is 0 Å². The quantitative estimate of drug-likeness (QED) is 0.795. The number of rotatable bonds is 1. The number of hydrogen-bond donors (Lipinski definition) is 1. The number of nitrogens with one attached hydrogen (secondary N) is 1. The van der Waals surface area contributed by atoms with E-state index in [1.165, 1.54) is 11.9 Å². The van der Waals surface area contributed by atoms with Gasteiger partial charge in [-0.1, -0.05) is 30.3 Å². The first-order valence-electron chi connectivity index (χ1n) is 6.11. The van der Waals surface area contributed by atoms with Gasteiger partial charge in [0.05, 0.1) is 0 Å². The van der Waals surface area contributed by atoms with Gasteiger partial charge in [0.2, 0.25) is 0 Å². The minimum absolute atomic E-state index is 0.267. The Morgan fingerprint density at radius 3 is 2.55 bits per heavy atom. The number of hydrazone groups is 1. The maximum absolute atomic E-state index is 12.1. The average Bonchev–Trinajstić information content (AvgIpc) is 2.51. The second-order valence-corrected chi connectivity index (χ2v) is 4.59. The largest absolute Gasteiger partial charge is 0.328 e. The first-order valence-corrected chi connectivity index (χ1v) is 6.11. The van der Waals surface area contributed by atoms with E-state index in [1.807, 2.05) is 30.3 Å². The van der Waals surface area contributed by atoms with Crippen LogP contribution in [0.5, 0.6) is 0 Å². The molecule has 20 heavy (non-hydrogen) atoms. The summed E-state index contributed by atoms with van der Waals surface area (Å²) in [5.74, 6) is 0.0234. The average molecular weight is 271 g/mol. The predicted octanol–water partition coefficient (Wildman–Crippen LogP) is 0.242. The highest BCUT2D eigenvalue weighted by Crippen LogP contribution is 2.15. The van der Waals surface area contributed by atoms with Gasteiger partial charge in [-0.25, -0.2) is 9.79 Å². The smallest absolute Gasteiger partial charge is 0.300 e. The monoisotopic (exact) mass is 271 g/mol. The van der Waals surface area contributed by atoms with Crippen LogP contribution in [0.1, 0.15) is 5.56 Å². The molecule has 1 N–H and O–H groups in total. The maximum Gasteiger partial charge on any atom is 0.328 e. The second kappa shape index (κ2) is 4.44. The van der Waals surface area contributed by atoms with Crippen LogP contribution in [0, 0.1) is 0 Å². The summed E-state index contributed by atoms with van der Waals surface area (Å²) >= 11 is 0. The van der Waals surface area contributed by atoms with Crippen LogP contribution < -0.4 is 5.43 Å². The molecule has 7 heteroatoms. The van der Waals surface area contributed by atoms with Crippen molar-refractivity contribution in [1.29, 1.82) is 0 Å². The van der Waals surface area contributed by atoms with Crippen LogP contribution in [0.3, 0.4) is 0 Å². The third-order valence-electron chi connectivity index (χ3n) is 3.31. The van der Waals surface area contributed by atoms with Crippen molar-refractivity contribution in [2.24, 2.45) is 10.1 Å². The summed E-state index contributed by atoms with van der Waals surface area (Å²) in [5, 5.41) is 4.14. The lowest BCUT2D eigenvalue weighted by Crippen LogP contribution is -2.64. The molecule has 0 saturated carbocycles. The van der Waals surface area contributed by atoms with Crippen molar-refractivity contribution in [1.82, 2.24) is 15.2 Å². The van der Waals surface area contributed by atoms with E-state index in [1.54, 1.807) is 7.05 Å². The molecule has 3 rings (SSSR count). The molecule has 1 fully saturated rings. The van der Waals surface area contributed by atoms with Crippen LogP contribution in [0.15, 0.2) is 40.4 Å². The topological polar surface area (TPSA) is 77.4 Å². The normalized spacial score (nSPS) is 22.0. The SMILES string of the molecule is CN1C(=O)C2=NC(c3ccccc3)=NNC2N(C)C1=O. The third-order valence-corrected chi connectivity index (χ3v) is 3.31. The predicted molar refractivity (Wildman–Crippen MR) is 73.3 cm³/mol. The number of aliphatic imine (C=N–C) groups is 1. The fraction of sp³-hybridized carbons (Fsp3) is 0.231. The Kier molecular flexibility index (Phi) is 2.74. The van der Waals surface area contributed by atoms with Crippen LogP contribution in [0.2, 0.25) is 0 Å². The summed E-state index contributed by atoms with van der Waals surface area (Å²) in [6.07, 6.45) is -0.612. The van der Waals surface area contributed by atoms with Gasteiger partial charge in [-0.3, -0.25) is 20.0 Å². The number of amidine groups is 1. The molecule has 1 unspecified atom stereocenters. The van der Waals surface area contributed by atoms with Crippen molar-refractivity contribution in [2.75, 3.05) is 14.1 Å². The van der Waals surface area contributed by atoms with Crippen LogP contribution in [-0.4, -0.2) is 53.5 Å². The van der Waals surface area contributed by atoms with E-state index in [0.717, 1.165) is 10.5 Å². The van der Waals surface area contributed by atoms with Crippen LogP contribution in [0.4, 0.5) is 4.79 Å². The molecule has 7 nitrogen and oxygen atoms in total. The molecule has 1 atom stereocenters. The van der Waals surface area contributed by atoms with E-state index in [0.29, 0.717) is 5.84 Å². The van der Waals surface area contributed by atoms with E-state index in [2.05, 4.69) is 15.5 Å². The summed E-state index contributed by atoms with van der Waals surface area (Å²) in [6, 6.07) is 8.96. The fourth-order valence-corrected chi connectivity index (χ4v) is 2.14. The highest BCUT2D eigenvalue weighted by atomic mass is 16.2. The van der Waals surface area contributed by atoms with Gasteiger partial charge >= 0.3 is 6.03 Å². The minimum atomic E-state index is -0.612. The molecule has 2 aliphatic heterocycles. The molecule has 0 radical (unpaired) electrons. The lowest BCUT2D eigenvalue weighted by atomic mass is 10.1.